The smallest absolute Gasteiger partial charge is 0.274 e. The van der Waals surface area contributed by atoms with Gasteiger partial charge in [0.2, 0.25) is 0 Å². The molecule has 0 spiro atoms. The number of pyridine rings is 1. The molecule has 18 heavy (non-hydrogen) atoms. The van der Waals surface area contributed by atoms with E-state index in [0.717, 1.165) is 36.4 Å². The average Bonchev–Trinajstić information content (AvgIpc) is 2.39. The first-order valence-electron chi connectivity index (χ1n) is 5.57. The lowest BCUT2D eigenvalue weighted by molar-refractivity contribution is -0.403. The van der Waals surface area contributed by atoms with Crippen LogP contribution >= 0.6 is 11.8 Å². The van der Waals surface area contributed by atoms with Crippen molar-refractivity contribution in [3.63, 3.8) is 0 Å². The lowest BCUT2D eigenvalue weighted by Crippen LogP contribution is -2.39. The largest absolute Gasteiger partial charge is 0.366 e. The van der Waals surface area contributed by atoms with E-state index in [1.165, 1.54) is 0 Å². The number of thioether (sulfide) groups is 1. The van der Waals surface area contributed by atoms with Crippen molar-refractivity contribution in [1.29, 1.82) is 0 Å². The first-order valence-corrected chi connectivity index (χ1v) is 6.80. The maximum atomic E-state index is 10.6. The van der Waals surface area contributed by atoms with E-state index in [1.54, 1.807) is 18.0 Å². The number of hydrogen-bond donors (Lipinski definition) is 1. The summed E-state index contributed by atoms with van der Waals surface area (Å²) in [5.41, 5.74) is 0.869. The van der Waals surface area contributed by atoms with Gasteiger partial charge in [0.05, 0.1) is 21.8 Å². The third-order valence-electron chi connectivity index (χ3n) is 2.62. The summed E-state index contributed by atoms with van der Waals surface area (Å²) in [7, 11) is 0. The minimum absolute atomic E-state index is 0.440. The van der Waals surface area contributed by atoms with E-state index in [1.807, 2.05) is 23.3 Å². The van der Waals surface area contributed by atoms with E-state index in [-0.39, 0.29) is 0 Å². The molecule has 2 heterocycles. The van der Waals surface area contributed by atoms with Crippen molar-refractivity contribution in [2.75, 3.05) is 24.2 Å². The third-order valence-corrected chi connectivity index (χ3v) is 3.28. The van der Waals surface area contributed by atoms with Crippen molar-refractivity contribution in [3.05, 3.63) is 40.5 Å². The van der Waals surface area contributed by atoms with Crippen LogP contribution in [0.15, 0.2) is 35.4 Å². The molecule has 7 heteroatoms. The molecule has 0 aliphatic carbocycles. The number of nitrogens with one attached hydrogen (secondary N) is 1. The summed E-state index contributed by atoms with van der Waals surface area (Å²) in [6.45, 7) is 1.51. The summed E-state index contributed by atoms with van der Waals surface area (Å²) >= 11 is 1.57. The lowest BCUT2D eigenvalue weighted by atomic mass is 10.2. The third kappa shape index (κ3) is 2.92. The predicted molar refractivity (Wildman–Crippen MR) is 71.1 cm³/mol. The Morgan fingerprint density at radius 3 is 3.06 bits per heavy atom. The molecule has 1 fully saturated rings. The fourth-order valence-corrected chi connectivity index (χ4v) is 2.17. The molecule has 1 aliphatic heterocycles. The summed E-state index contributed by atoms with van der Waals surface area (Å²) < 4.78 is 0. The van der Waals surface area contributed by atoms with Gasteiger partial charge in [0.15, 0.2) is 5.82 Å². The van der Waals surface area contributed by atoms with Crippen molar-refractivity contribution >= 4 is 17.4 Å². The second-order valence-electron chi connectivity index (χ2n) is 3.79. The zero-order valence-electron chi connectivity index (χ0n) is 10.00. The standard InChI is InChI=1S/C11H14N4O2S/c1-18-11-4-3-9(7-13-11)14-6-2-5-12-10(14)8-15(16)17/h3-4,7-8,12H,2,5-6H2,1H3/b10-8-. The van der Waals surface area contributed by atoms with E-state index in [2.05, 4.69) is 10.3 Å². The Balaban J connectivity index is 2.25. The highest BCUT2D eigenvalue weighted by atomic mass is 32.2. The highest BCUT2D eigenvalue weighted by molar-refractivity contribution is 7.98. The molecule has 0 radical (unpaired) electrons. The van der Waals surface area contributed by atoms with Gasteiger partial charge in [0.1, 0.15) is 0 Å². The molecule has 1 aromatic rings. The van der Waals surface area contributed by atoms with Crippen LogP contribution in [0.5, 0.6) is 0 Å². The topological polar surface area (TPSA) is 71.3 Å². The maximum absolute atomic E-state index is 10.6. The normalized spacial score (nSPS) is 17.6. The number of nitro groups is 1. The van der Waals surface area contributed by atoms with Gasteiger partial charge >= 0.3 is 0 Å². The van der Waals surface area contributed by atoms with E-state index >= 15 is 0 Å². The van der Waals surface area contributed by atoms with Crippen LogP contribution in [0.25, 0.3) is 0 Å². The summed E-state index contributed by atoms with van der Waals surface area (Å²) in [4.78, 5) is 16.3. The first-order chi connectivity index (χ1) is 8.70. The molecule has 0 aromatic carbocycles. The highest BCUT2D eigenvalue weighted by Gasteiger charge is 2.19. The summed E-state index contributed by atoms with van der Waals surface area (Å²) in [6.07, 6.45) is 5.65. The van der Waals surface area contributed by atoms with Gasteiger partial charge in [-0.2, -0.15) is 0 Å². The van der Waals surface area contributed by atoms with Crippen molar-refractivity contribution in [2.45, 2.75) is 11.4 Å². The van der Waals surface area contributed by atoms with E-state index in [9.17, 15) is 10.1 Å². The SMILES string of the molecule is CSc1ccc(N2CCCN/C2=C/[N+](=O)[O-])cn1. The fourth-order valence-electron chi connectivity index (χ4n) is 1.81. The number of rotatable bonds is 3. The molecule has 1 aliphatic rings. The lowest BCUT2D eigenvalue weighted by Gasteiger charge is -2.30. The number of aromatic nitrogens is 1. The van der Waals surface area contributed by atoms with Gasteiger partial charge < -0.3 is 10.2 Å². The van der Waals surface area contributed by atoms with Gasteiger partial charge in [-0.25, -0.2) is 4.98 Å². The average molecular weight is 266 g/mol. The van der Waals surface area contributed by atoms with Crippen LogP contribution in [0.2, 0.25) is 0 Å². The van der Waals surface area contributed by atoms with Crippen molar-refractivity contribution < 1.29 is 4.92 Å². The highest BCUT2D eigenvalue weighted by Crippen LogP contribution is 2.22. The summed E-state index contributed by atoms with van der Waals surface area (Å²) in [6, 6.07) is 3.85. The molecule has 1 saturated heterocycles. The minimum atomic E-state index is -0.440. The molecule has 2 rings (SSSR count). The number of hydrogen-bond acceptors (Lipinski definition) is 6. The molecular formula is C11H14N4O2S. The van der Waals surface area contributed by atoms with Crippen LogP contribution in [0.4, 0.5) is 5.69 Å². The molecule has 1 N–H and O–H groups in total. The molecule has 0 atom stereocenters. The van der Waals surface area contributed by atoms with Gasteiger partial charge in [0.25, 0.3) is 6.20 Å². The van der Waals surface area contributed by atoms with Gasteiger partial charge in [-0.1, -0.05) is 0 Å². The van der Waals surface area contributed by atoms with Crippen LogP contribution in [0, 0.1) is 10.1 Å². The fraction of sp³-hybridized carbons (Fsp3) is 0.364. The number of nitrogens with zero attached hydrogens (tertiary/aromatic N) is 3. The second-order valence-corrected chi connectivity index (χ2v) is 4.62. The quantitative estimate of drug-likeness (QED) is 0.510. The Kier molecular flexibility index (Phi) is 4.03. The van der Waals surface area contributed by atoms with E-state index < -0.39 is 4.92 Å². The second kappa shape index (κ2) is 5.72. The summed E-state index contributed by atoms with van der Waals surface area (Å²) in [5.74, 6) is 0.518. The van der Waals surface area contributed by atoms with Gasteiger partial charge in [-0.05, 0) is 24.8 Å². The zero-order valence-corrected chi connectivity index (χ0v) is 10.8. The summed E-state index contributed by atoms with van der Waals surface area (Å²) in [5, 5.41) is 14.6. The predicted octanol–water partition coefficient (Wildman–Crippen LogP) is 1.68. The van der Waals surface area contributed by atoms with Crippen LogP contribution in [0.1, 0.15) is 6.42 Å². The Morgan fingerprint density at radius 2 is 2.44 bits per heavy atom. The van der Waals surface area contributed by atoms with Crippen LogP contribution in [0.3, 0.4) is 0 Å². The minimum Gasteiger partial charge on any atom is -0.366 e. The van der Waals surface area contributed by atoms with Crippen molar-refractivity contribution in [2.24, 2.45) is 0 Å². The van der Waals surface area contributed by atoms with Crippen molar-refractivity contribution in [1.82, 2.24) is 10.3 Å². The Labute approximate surface area is 109 Å². The molecule has 1 aromatic heterocycles. The molecule has 0 unspecified atom stereocenters. The number of anilines is 1. The Morgan fingerprint density at radius 1 is 1.61 bits per heavy atom. The van der Waals surface area contributed by atoms with Gasteiger partial charge in [-0.15, -0.1) is 11.8 Å². The van der Waals surface area contributed by atoms with Gasteiger partial charge in [0, 0.05) is 13.1 Å². The van der Waals surface area contributed by atoms with Crippen LogP contribution < -0.4 is 10.2 Å². The Hall–Kier alpha value is -1.76. The zero-order chi connectivity index (χ0) is 13.0. The molecule has 0 amide bonds. The van der Waals surface area contributed by atoms with E-state index in [4.69, 9.17) is 0 Å². The van der Waals surface area contributed by atoms with Crippen molar-refractivity contribution in [3.8, 4) is 0 Å². The van der Waals surface area contributed by atoms with Crippen LogP contribution in [-0.4, -0.2) is 29.3 Å². The maximum Gasteiger partial charge on any atom is 0.274 e. The van der Waals surface area contributed by atoms with E-state index in [0.29, 0.717) is 5.82 Å². The van der Waals surface area contributed by atoms with Crippen LogP contribution in [-0.2, 0) is 0 Å². The van der Waals surface area contributed by atoms with Gasteiger partial charge in [-0.3, -0.25) is 10.1 Å². The molecule has 0 bridgehead atoms. The molecule has 6 nitrogen and oxygen atoms in total. The molecule has 96 valence electrons. The molecule has 0 saturated carbocycles. The first kappa shape index (κ1) is 12.7. The Bertz CT molecular complexity index is 461. The molecular weight excluding hydrogens is 252 g/mol. The monoisotopic (exact) mass is 266 g/mol.